The number of rotatable bonds is 6. The third-order valence-corrected chi connectivity index (χ3v) is 2.22. The Morgan fingerprint density at radius 2 is 1.87 bits per heavy atom. The van der Waals surface area contributed by atoms with E-state index < -0.39 is 5.97 Å². The summed E-state index contributed by atoms with van der Waals surface area (Å²) in [5, 5.41) is 8.44. The van der Waals surface area contributed by atoms with Gasteiger partial charge in [0.2, 0.25) is 0 Å². The van der Waals surface area contributed by atoms with Crippen molar-refractivity contribution in [2.45, 2.75) is 25.7 Å². The molecule has 0 heterocycles. The molecule has 1 aromatic rings. The van der Waals surface area contributed by atoms with Crippen molar-refractivity contribution in [1.29, 1.82) is 0 Å². The van der Waals surface area contributed by atoms with Gasteiger partial charge in [0, 0.05) is 12.0 Å². The van der Waals surface area contributed by atoms with Crippen LogP contribution in [0.3, 0.4) is 0 Å². The lowest BCUT2D eigenvalue weighted by Gasteiger charge is -2.00. The fourth-order valence-corrected chi connectivity index (χ4v) is 1.37. The summed E-state index contributed by atoms with van der Waals surface area (Å²) >= 11 is 0. The fourth-order valence-electron chi connectivity index (χ4n) is 1.37. The summed E-state index contributed by atoms with van der Waals surface area (Å²) in [5.41, 5.74) is 1.82. The number of aliphatic carboxylic acids is 1. The number of carboxylic acid groups (broad SMARTS) is 1. The van der Waals surface area contributed by atoms with Crippen molar-refractivity contribution in [1.82, 2.24) is 0 Å². The second kappa shape index (κ2) is 5.96. The second-order valence-electron chi connectivity index (χ2n) is 3.46. The Bertz CT molecular complexity index is 327. The smallest absolute Gasteiger partial charge is 0.303 e. The Balaban J connectivity index is 2.31. The first-order valence-electron chi connectivity index (χ1n) is 4.98. The maximum atomic E-state index is 10.4. The number of carbonyl (C=O) groups is 2. The van der Waals surface area contributed by atoms with Gasteiger partial charge in [-0.3, -0.25) is 9.59 Å². The fraction of sp³-hybridized carbons (Fsp3) is 0.333. The predicted molar refractivity (Wildman–Crippen MR) is 57.0 cm³/mol. The van der Waals surface area contributed by atoms with Gasteiger partial charge in [-0.2, -0.15) is 0 Å². The Hall–Kier alpha value is -1.64. The van der Waals surface area contributed by atoms with Crippen LogP contribution in [0.15, 0.2) is 24.3 Å². The minimum absolute atomic E-state index is 0.229. The Morgan fingerprint density at radius 1 is 1.20 bits per heavy atom. The van der Waals surface area contributed by atoms with Crippen molar-refractivity contribution < 1.29 is 14.7 Å². The van der Waals surface area contributed by atoms with E-state index in [-0.39, 0.29) is 6.42 Å². The van der Waals surface area contributed by atoms with Gasteiger partial charge in [0.25, 0.3) is 0 Å². The maximum absolute atomic E-state index is 10.4. The predicted octanol–water partition coefficient (Wildman–Crippen LogP) is 2.30. The summed E-state index contributed by atoms with van der Waals surface area (Å²) in [7, 11) is 0. The molecular formula is C12H14O3. The van der Waals surface area contributed by atoms with E-state index in [9.17, 15) is 9.59 Å². The zero-order chi connectivity index (χ0) is 11.1. The van der Waals surface area contributed by atoms with Gasteiger partial charge < -0.3 is 5.11 Å². The van der Waals surface area contributed by atoms with Crippen molar-refractivity contribution in [2.24, 2.45) is 0 Å². The van der Waals surface area contributed by atoms with Gasteiger partial charge in [-0.1, -0.05) is 24.3 Å². The minimum atomic E-state index is -0.744. The van der Waals surface area contributed by atoms with Crippen LogP contribution >= 0.6 is 0 Å². The minimum Gasteiger partial charge on any atom is -0.481 e. The molecule has 1 N–H and O–H groups in total. The summed E-state index contributed by atoms with van der Waals surface area (Å²) in [6, 6.07) is 7.37. The van der Waals surface area contributed by atoms with Gasteiger partial charge in [0.1, 0.15) is 6.29 Å². The molecule has 3 nitrogen and oxygen atoms in total. The monoisotopic (exact) mass is 206 g/mol. The second-order valence-corrected chi connectivity index (χ2v) is 3.46. The molecule has 0 atom stereocenters. The lowest BCUT2D eigenvalue weighted by Crippen LogP contribution is -1.95. The summed E-state index contributed by atoms with van der Waals surface area (Å²) in [5.74, 6) is -0.744. The van der Waals surface area contributed by atoms with Crippen LogP contribution in [0.2, 0.25) is 0 Å². The molecule has 0 saturated carbocycles. The van der Waals surface area contributed by atoms with Crippen LogP contribution < -0.4 is 0 Å². The van der Waals surface area contributed by atoms with Crippen molar-refractivity contribution in [3.63, 3.8) is 0 Å². The molecule has 0 spiro atoms. The molecule has 0 radical (unpaired) electrons. The van der Waals surface area contributed by atoms with Gasteiger partial charge >= 0.3 is 5.97 Å². The number of carbonyl (C=O) groups excluding carboxylic acids is 1. The summed E-state index contributed by atoms with van der Waals surface area (Å²) in [4.78, 5) is 20.6. The summed E-state index contributed by atoms with van der Waals surface area (Å²) in [6.45, 7) is 0. The molecule has 0 aromatic heterocycles. The van der Waals surface area contributed by atoms with Crippen LogP contribution in [0.5, 0.6) is 0 Å². The highest BCUT2D eigenvalue weighted by atomic mass is 16.4. The third kappa shape index (κ3) is 4.40. The van der Waals surface area contributed by atoms with Crippen LogP contribution in [0.25, 0.3) is 0 Å². The quantitative estimate of drug-likeness (QED) is 0.574. The SMILES string of the molecule is O=Cc1ccc(CCCCC(=O)O)cc1. The Labute approximate surface area is 88.7 Å². The molecular weight excluding hydrogens is 192 g/mol. The van der Waals surface area contributed by atoms with Crippen LogP contribution in [-0.4, -0.2) is 17.4 Å². The molecule has 0 bridgehead atoms. The van der Waals surface area contributed by atoms with E-state index in [1.165, 1.54) is 0 Å². The van der Waals surface area contributed by atoms with E-state index in [0.29, 0.717) is 12.0 Å². The van der Waals surface area contributed by atoms with Crippen molar-refractivity contribution in [3.05, 3.63) is 35.4 Å². The zero-order valence-electron chi connectivity index (χ0n) is 8.48. The lowest BCUT2D eigenvalue weighted by molar-refractivity contribution is -0.137. The molecule has 0 amide bonds. The Kier molecular flexibility index (Phi) is 4.54. The Morgan fingerprint density at radius 3 is 2.40 bits per heavy atom. The van der Waals surface area contributed by atoms with Crippen molar-refractivity contribution in [3.8, 4) is 0 Å². The molecule has 0 unspecified atom stereocenters. The molecule has 1 aromatic carbocycles. The van der Waals surface area contributed by atoms with E-state index in [1.807, 2.05) is 12.1 Å². The average molecular weight is 206 g/mol. The van der Waals surface area contributed by atoms with Crippen LogP contribution in [0.1, 0.15) is 35.2 Å². The standard InChI is InChI=1S/C12H14O3/c13-9-11-7-5-10(6-8-11)3-1-2-4-12(14)15/h5-9H,1-4H2,(H,14,15). The highest BCUT2D eigenvalue weighted by Crippen LogP contribution is 2.07. The first kappa shape index (κ1) is 11.4. The number of hydrogen-bond donors (Lipinski definition) is 1. The molecule has 80 valence electrons. The van der Waals surface area contributed by atoms with Crippen molar-refractivity contribution in [2.75, 3.05) is 0 Å². The number of unbranched alkanes of at least 4 members (excludes halogenated alkanes) is 1. The molecule has 3 heteroatoms. The van der Waals surface area contributed by atoms with Crippen LogP contribution in [-0.2, 0) is 11.2 Å². The van der Waals surface area contributed by atoms with E-state index in [4.69, 9.17) is 5.11 Å². The summed E-state index contributed by atoms with van der Waals surface area (Å²) < 4.78 is 0. The normalized spacial score (nSPS) is 9.87. The average Bonchev–Trinajstić information content (AvgIpc) is 2.25. The molecule has 0 aliphatic carbocycles. The van der Waals surface area contributed by atoms with Gasteiger partial charge in [-0.05, 0) is 24.8 Å². The molecule has 0 saturated heterocycles. The van der Waals surface area contributed by atoms with Gasteiger partial charge in [-0.25, -0.2) is 0 Å². The van der Waals surface area contributed by atoms with Crippen LogP contribution in [0.4, 0.5) is 0 Å². The van der Waals surface area contributed by atoms with Crippen molar-refractivity contribution >= 4 is 12.3 Å². The highest BCUT2D eigenvalue weighted by Gasteiger charge is 1.98. The summed E-state index contributed by atoms with van der Waals surface area (Å²) in [6.07, 6.45) is 3.48. The number of aldehydes is 1. The maximum Gasteiger partial charge on any atom is 0.303 e. The molecule has 0 aliphatic rings. The van der Waals surface area contributed by atoms with Crippen LogP contribution in [0, 0.1) is 0 Å². The van der Waals surface area contributed by atoms with E-state index >= 15 is 0 Å². The zero-order valence-corrected chi connectivity index (χ0v) is 8.48. The highest BCUT2D eigenvalue weighted by molar-refractivity contribution is 5.74. The van der Waals surface area contributed by atoms with Gasteiger partial charge in [-0.15, -0.1) is 0 Å². The molecule has 15 heavy (non-hydrogen) atoms. The third-order valence-electron chi connectivity index (χ3n) is 2.22. The first-order valence-corrected chi connectivity index (χ1v) is 4.98. The van der Waals surface area contributed by atoms with Gasteiger partial charge in [0.15, 0.2) is 0 Å². The number of carboxylic acids is 1. The van der Waals surface area contributed by atoms with E-state index in [1.54, 1.807) is 12.1 Å². The number of benzene rings is 1. The first-order chi connectivity index (χ1) is 7.22. The van der Waals surface area contributed by atoms with E-state index in [0.717, 1.165) is 24.7 Å². The van der Waals surface area contributed by atoms with Gasteiger partial charge in [0.05, 0.1) is 0 Å². The lowest BCUT2D eigenvalue weighted by atomic mass is 10.1. The molecule has 1 rings (SSSR count). The largest absolute Gasteiger partial charge is 0.481 e. The number of hydrogen-bond acceptors (Lipinski definition) is 2. The molecule has 0 aliphatic heterocycles. The number of aryl methyl sites for hydroxylation is 1. The molecule has 0 fully saturated rings. The topological polar surface area (TPSA) is 54.4 Å². The van der Waals surface area contributed by atoms with E-state index in [2.05, 4.69) is 0 Å².